The molecule has 6 nitrogen and oxygen atoms in total. The second kappa shape index (κ2) is 9.43. The average molecular weight is 380 g/mol. The Balaban J connectivity index is 1.84. The fourth-order valence-electron chi connectivity index (χ4n) is 3.88. The topological polar surface area (TPSA) is 93.2 Å². The number of hydrogen-bond donors (Lipinski definition) is 2. The summed E-state index contributed by atoms with van der Waals surface area (Å²) in [5, 5.41) is 13.1. The summed E-state index contributed by atoms with van der Waals surface area (Å²) >= 11 is 0. The van der Waals surface area contributed by atoms with Gasteiger partial charge in [-0.2, -0.15) is 5.26 Å². The minimum atomic E-state index is 0.544. The summed E-state index contributed by atoms with van der Waals surface area (Å²) in [4.78, 5) is 4.26. The maximum atomic E-state index is 9.59. The molecule has 1 aromatic carbocycles. The Morgan fingerprint density at radius 2 is 1.82 bits per heavy atom. The SMILES string of the molecule is COc1ccc(-c2cncc(C#N)c2NC[C@H]2CC[C@H](CN)CC2)cc1OC. The molecule has 1 saturated carbocycles. The Kier molecular flexibility index (Phi) is 6.72. The summed E-state index contributed by atoms with van der Waals surface area (Å²) in [6.45, 7) is 1.63. The second-order valence-corrected chi connectivity index (χ2v) is 7.29. The van der Waals surface area contributed by atoms with Crippen molar-refractivity contribution in [3.63, 3.8) is 0 Å². The number of hydrogen-bond acceptors (Lipinski definition) is 6. The van der Waals surface area contributed by atoms with Crippen LogP contribution in [0.15, 0.2) is 30.6 Å². The second-order valence-electron chi connectivity index (χ2n) is 7.29. The van der Waals surface area contributed by atoms with E-state index in [-0.39, 0.29) is 0 Å². The van der Waals surface area contributed by atoms with Gasteiger partial charge in [0.15, 0.2) is 11.5 Å². The summed E-state index contributed by atoms with van der Waals surface area (Å²) in [6.07, 6.45) is 8.12. The van der Waals surface area contributed by atoms with Gasteiger partial charge < -0.3 is 20.5 Å². The molecule has 28 heavy (non-hydrogen) atoms. The molecule has 1 fully saturated rings. The van der Waals surface area contributed by atoms with Gasteiger partial charge >= 0.3 is 0 Å². The first-order valence-electron chi connectivity index (χ1n) is 9.74. The molecule has 6 heteroatoms. The average Bonchev–Trinajstić information content (AvgIpc) is 2.77. The van der Waals surface area contributed by atoms with Crippen LogP contribution in [0.3, 0.4) is 0 Å². The van der Waals surface area contributed by atoms with E-state index in [0.29, 0.717) is 28.9 Å². The predicted octanol–water partition coefficient (Wildman–Crippen LogP) is 3.81. The summed E-state index contributed by atoms with van der Waals surface area (Å²) in [5.74, 6) is 2.57. The highest BCUT2D eigenvalue weighted by molar-refractivity contribution is 5.82. The molecule has 1 aliphatic carbocycles. The standard InChI is InChI=1S/C22H28N4O2/c1-27-20-8-7-17(9-21(20)28-2)19-14-25-13-18(11-24)22(19)26-12-16-5-3-15(10-23)4-6-16/h7-9,13-16H,3-6,10,12,23H2,1-2H3,(H,25,26)/t15-,16-. The fourth-order valence-corrected chi connectivity index (χ4v) is 3.88. The first kappa shape index (κ1) is 20.0. The molecule has 1 aromatic heterocycles. The van der Waals surface area contributed by atoms with Crippen molar-refractivity contribution in [2.45, 2.75) is 25.7 Å². The largest absolute Gasteiger partial charge is 0.493 e. The number of nitriles is 1. The Hall–Kier alpha value is -2.78. The van der Waals surface area contributed by atoms with E-state index in [4.69, 9.17) is 15.2 Å². The highest BCUT2D eigenvalue weighted by Crippen LogP contribution is 2.37. The third-order valence-corrected chi connectivity index (χ3v) is 5.63. The van der Waals surface area contributed by atoms with Crippen LogP contribution in [-0.4, -0.2) is 32.3 Å². The number of benzene rings is 1. The van der Waals surface area contributed by atoms with Gasteiger partial charge in [0, 0.05) is 24.5 Å². The van der Waals surface area contributed by atoms with E-state index >= 15 is 0 Å². The Labute approximate surface area is 166 Å². The summed E-state index contributed by atoms with van der Waals surface area (Å²) in [5.41, 5.74) is 8.98. The Bertz CT molecular complexity index is 839. The lowest BCUT2D eigenvalue weighted by Crippen LogP contribution is -2.25. The molecular weight excluding hydrogens is 352 g/mol. The molecule has 0 amide bonds. The minimum absolute atomic E-state index is 0.544. The molecule has 3 N–H and O–H groups in total. The van der Waals surface area contributed by atoms with Gasteiger partial charge in [-0.3, -0.25) is 4.98 Å². The van der Waals surface area contributed by atoms with Crippen molar-refractivity contribution in [3.8, 4) is 28.7 Å². The molecule has 0 bridgehead atoms. The lowest BCUT2D eigenvalue weighted by Gasteiger charge is -2.28. The number of pyridine rings is 1. The van der Waals surface area contributed by atoms with Crippen LogP contribution < -0.4 is 20.5 Å². The van der Waals surface area contributed by atoms with Crippen molar-refractivity contribution in [2.24, 2.45) is 17.6 Å². The zero-order valence-electron chi connectivity index (χ0n) is 16.6. The van der Waals surface area contributed by atoms with E-state index in [1.807, 2.05) is 18.2 Å². The fraction of sp³-hybridized carbons (Fsp3) is 0.455. The van der Waals surface area contributed by atoms with Gasteiger partial charge in [0.25, 0.3) is 0 Å². The maximum Gasteiger partial charge on any atom is 0.161 e. The maximum absolute atomic E-state index is 9.59. The summed E-state index contributed by atoms with van der Waals surface area (Å²) in [6, 6.07) is 8.00. The molecule has 0 aliphatic heterocycles. The zero-order valence-corrected chi connectivity index (χ0v) is 16.6. The van der Waals surface area contributed by atoms with E-state index in [0.717, 1.165) is 29.9 Å². The third-order valence-electron chi connectivity index (χ3n) is 5.63. The molecule has 0 atom stereocenters. The van der Waals surface area contributed by atoms with Gasteiger partial charge in [0.2, 0.25) is 0 Å². The molecule has 1 aliphatic rings. The molecule has 0 saturated heterocycles. The predicted molar refractivity (Wildman–Crippen MR) is 110 cm³/mol. The summed E-state index contributed by atoms with van der Waals surface area (Å²) < 4.78 is 10.8. The molecule has 148 valence electrons. The Morgan fingerprint density at radius 1 is 1.11 bits per heavy atom. The molecule has 3 rings (SSSR count). The van der Waals surface area contributed by atoms with E-state index in [9.17, 15) is 5.26 Å². The highest BCUT2D eigenvalue weighted by atomic mass is 16.5. The monoisotopic (exact) mass is 380 g/mol. The van der Waals surface area contributed by atoms with Gasteiger partial charge in [-0.1, -0.05) is 6.07 Å². The molecule has 0 spiro atoms. The number of aromatic nitrogens is 1. The summed E-state index contributed by atoms with van der Waals surface area (Å²) in [7, 11) is 3.23. The lowest BCUT2D eigenvalue weighted by molar-refractivity contribution is 0.289. The van der Waals surface area contributed by atoms with Crippen LogP contribution in [0, 0.1) is 23.2 Å². The van der Waals surface area contributed by atoms with Gasteiger partial charge in [-0.15, -0.1) is 0 Å². The quantitative estimate of drug-likeness (QED) is 0.759. The molecule has 1 heterocycles. The van der Waals surface area contributed by atoms with Gasteiger partial charge in [0.1, 0.15) is 6.07 Å². The number of methoxy groups -OCH3 is 2. The van der Waals surface area contributed by atoms with Crippen LogP contribution in [0.5, 0.6) is 11.5 Å². The van der Waals surface area contributed by atoms with Gasteiger partial charge in [-0.25, -0.2) is 0 Å². The first-order valence-corrected chi connectivity index (χ1v) is 9.74. The van der Waals surface area contributed by atoms with Crippen LogP contribution in [0.2, 0.25) is 0 Å². The molecular formula is C22H28N4O2. The van der Waals surface area contributed by atoms with Crippen molar-refractivity contribution in [2.75, 3.05) is 32.6 Å². The van der Waals surface area contributed by atoms with Crippen molar-refractivity contribution in [1.82, 2.24) is 4.98 Å². The first-order chi connectivity index (χ1) is 13.7. The number of rotatable bonds is 7. The number of nitrogens with one attached hydrogen (secondary N) is 1. The van der Waals surface area contributed by atoms with Crippen molar-refractivity contribution < 1.29 is 9.47 Å². The number of nitrogens with zero attached hydrogens (tertiary/aromatic N) is 2. The van der Waals surface area contributed by atoms with Crippen LogP contribution >= 0.6 is 0 Å². The van der Waals surface area contributed by atoms with Crippen LogP contribution in [0.4, 0.5) is 5.69 Å². The van der Waals surface area contributed by atoms with Crippen LogP contribution in [-0.2, 0) is 0 Å². The third kappa shape index (κ3) is 4.37. The van der Waals surface area contributed by atoms with Crippen molar-refractivity contribution in [3.05, 3.63) is 36.2 Å². The highest BCUT2D eigenvalue weighted by Gasteiger charge is 2.21. The van der Waals surface area contributed by atoms with Gasteiger partial charge in [-0.05, 0) is 61.8 Å². The van der Waals surface area contributed by atoms with E-state index < -0.39 is 0 Å². The van der Waals surface area contributed by atoms with E-state index in [1.54, 1.807) is 26.6 Å². The lowest BCUT2D eigenvalue weighted by atomic mass is 9.82. The van der Waals surface area contributed by atoms with Crippen LogP contribution in [0.25, 0.3) is 11.1 Å². The van der Waals surface area contributed by atoms with Crippen molar-refractivity contribution >= 4 is 5.69 Å². The van der Waals surface area contributed by atoms with Gasteiger partial charge in [0.05, 0.1) is 25.5 Å². The van der Waals surface area contributed by atoms with Crippen LogP contribution in [0.1, 0.15) is 31.2 Å². The Morgan fingerprint density at radius 3 is 2.46 bits per heavy atom. The number of ether oxygens (including phenoxy) is 2. The smallest absolute Gasteiger partial charge is 0.161 e. The van der Waals surface area contributed by atoms with E-state index in [1.165, 1.54) is 25.7 Å². The molecule has 0 unspecified atom stereocenters. The molecule has 0 radical (unpaired) electrons. The zero-order chi connectivity index (χ0) is 19.9. The minimum Gasteiger partial charge on any atom is -0.493 e. The normalized spacial score (nSPS) is 18.9. The molecule has 2 aromatic rings. The number of nitrogens with two attached hydrogens (primary N) is 1. The number of anilines is 1. The van der Waals surface area contributed by atoms with Crippen molar-refractivity contribution in [1.29, 1.82) is 5.26 Å². The van der Waals surface area contributed by atoms with E-state index in [2.05, 4.69) is 16.4 Å².